The molecule has 0 saturated carbocycles. The maximum atomic E-state index is 5.70. The SMILES string of the molecule is CCCOc1cc(CNc2ccccn2)ccc1OC. The van der Waals surface area contributed by atoms with Crippen LogP contribution in [0.2, 0.25) is 0 Å². The average molecular weight is 272 g/mol. The van der Waals surface area contributed by atoms with Gasteiger partial charge < -0.3 is 14.8 Å². The molecule has 1 heterocycles. The number of nitrogens with one attached hydrogen (secondary N) is 1. The second-order valence-corrected chi connectivity index (χ2v) is 4.40. The van der Waals surface area contributed by atoms with Crippen LogP contribution in [-0.2, 0) is 6.54 Å². The highest BCUT2D eigenvalue weighted by atomic mass is 16.5. The Morgan fingerprint density at radius 1 is 1.15 bits per heavy atom. The van der Waals surface area contributed by atoms with Crippen LogP contribution in [0.1, 0.15) is 18.9 Å². The molecule has 0 unspecified atom stereocenters. The molecular weight excluding hydrogens is 252 g/mol. The van der Waals surface area contributed by atoms with Gasteiger partial charge >= 0.3 is 0 Å². The van der Waals surface area contributed by atoms with Crippen LogP contribution >= 0.6 is 0 Å². The third kappa shape index (κ3) is 3.88. The summed E-state index contributed by atoms with van der Waals surface area (Å²) in [6.07, 6.45) is 2.74. The second kappa shape index (κ2) is 7.38. The van der Waals surface area contributed by atoms with Gasteiger partial charge in [-0.15, -0.1) is 0 Å². The zero-order chi connectivity index (χ0) is 14.2. The molecule has 0 fully saturated rings. The number of anilines is 1. The summed E-state index contributed by atoms with van der Waals surface area (Å²) < 4.78 is 11.0. The van der Waals surface area contributed by atoms with E-state index < -0.39 is 0 Å². The normalized spacial score (nSPS) is 10.1. The van der Waals surface area contributed by atoms with Gasteiger partial charge in [-0.1, -0.05) is 19.1 Å². The van der Waals surface area contributed by atoms with Gasteiger partial charge in [0.1, 0.15) is 5.82 Å². The Balaban J connectivity index is 2.04. The Hall–Kier alpha value is -2.23. The summed E-state index contributed by atoms with van der Waals surface area (Å²) in [5.41, 5.74) is 1.13. The summed E-state index contributed by atoms with van der Waals surface area (Å²) in [7, 11) is 1.65. The summed E-state index contributed by atoms with van der Waals surface area (Å²) >= 11 is 0. The van der Waals surface area contributed by atoms with Crippen LogP contribution in [0.3, 0.4) is 0 Å². The van der Waals surface area contributed by atoms with Gasteiger partial charge in [-0.25, -0.2) is 4.98 Å². The van der Waals surface area contributed by atoms with Crippen LogP contribution in [0.25, 0.3) is 0 Å². The van der Waals surface area contributed by atoms with Gasteiger partial charge in [0.25, 0.3) is 0 Å². The van der Waals surface area contributed by atoms with Crippen LogP contribution in [0, 0.1) is 0 Å². The maximum Gasteiger partial charge on any atom is 0.161 e. The minimum atomic E-state index is 0.688. The van der Waals surface area contributed by atoms with Crippen LogP contribution < -0.4 is 14.8 Å². The number of methoxy groups -OCH3 is 1. The zero-order valence-electron chi connectivity index (χ0n) is 11.9. The van der Waals surface area contributed by atoms with E-state index in [4.69, 9.17) is 9.47 Å². The standard InChI is InChI=1S/C16H20N2O2/c1-3-10-20-15-11-13(7-8-14(15)19-2)12-18-16-6-4-5-9-17-16/h4-9,11H,3,10,12H2,1-2H3,(H,17,18). The predicted octanol–water partition coefficient (Wildman–Crippen LogP) is 3.49. The highest BCUT2D eigenvalue weighted by molar-refractivity contribution is 5.44. The van der Waals surface area contributed by atoms with Crippen LogP contribution in [0.15, 0.2) is 42.6 Å². The molecule has 2 aromatic rings. The summed E-state index contributed by atoms with van der Waals surface area (Å²) in [5, 5.41) is 3.27. The van der Waals surface area contributed by atoms with E-state index in [0.717, 1.165) is 29.3 Å². The van der Waals surface area contributed by atoms with E-state index in [0.29, 0.717) is 13.2 Å². The number of ether oxygens (including phenoxy) is 2. The molecule has 0 aliphatic rings. The first-order chi connectivity index (χ1) is 9.83. The van der Waals surface area contributed by atoms with E-state index in [1.54, 1.807) is 13.3 Å². The van der Waals surface area contributed by atoms with Crippen molar-refractivity contribution in [2.45, 2.75) is 19.9 Å². The third-order valence-electron chi connectivity index (χ3n) is 2.83. The summed E-state index contributed by atoms with van der Waals surface area (Å²) in [6.45, 7) is 3.47. The van der Waals surface area contributed by atoms with Crippen molar-refractivity contribution >= 4 is 5.82 Å². The molecule has 0 amide bonds. The summed E-state index contributed by atoms with van der Waals surface area (Å²) in [4.78, 5) is 4.23. The number of rotatable bonds is 7. The topological polar surface area (TPSA) is 43.4 Å². The smallest absolute Gasteiger partial charge is 0.161 e. The Labute approximate surface area is 119 Å². The fourth-order valence-corrected chi connectivity index (χ4v) is 1.82. The zero-order valence-corrected chi connectivity index (χ0v) is 11.9. The van der Waals surface area contributed by atoms with Crippen LogP contribution in [0.4, 0.5) is 5.82 Å². The molecule has 0 aliphatic carbocycles. The lowest BCUT2D eigenvalue weighted by atomic mass is 10.2. The van der Waals surface area contributed by atoms with E-state index in [2.05, 4.69) is 17.2 Å². The Morgan fingerprint density at radius 3 is 2.75 bits per heavy atom. The van der Waals surface area contributed by atoms with E-state index >= 15 is 0 Å². The molecule has 0 aliphatic heterocycles. The highest BCUT2D eigenvalue weighted by Crippen LogP contribution is 2.28. The monoisotopic (exact) mass is 272 g/mol. The molecule has 4 nitrogen and oxygen atoms in total. The van der Waals surface area contributed by atoms with Crippen molar-refractivity contribution in [1.29, 1.82) is 0 Å². The average Bonchev–Trinajstić information content (AvgIpc) is 2.52. The quantitative estimate of drug-likeness (QED) is 0.838. The van der Waals surface area contributed by atoms with Crippen molar-refractivity contribution in [3.8, 4) is 11.5 Å². The molecule has 1 N–H and O–H groups in total. The molecule has 2 rings (SSSR count). The Morgan fingerprint density at radius 2 is 2.05 bits per heavy atom. The molecular formula is C16H20N2O2. The molecule has 0 saturated heterocycles. The van der Waals surface area contributed by atoms with Crippen molar-refractivity contribution in [3.05, 3.63) is 48.2 Å². The fraction of sp³-hybridized carbons (Fsp3) is 0.312. The van der Waals surface area contributed by atoms with Crippen molar-refractivity contribution in [2.75, 3.05) is 19.0 Å². The van der Waals surface area contributed by atoms with Crippen molar-refractivity contribution in [3.63, 3.8) is 0 Å². The summed E-state index contributed by atoms with van der Waals surface area (Å²) in [5.74, 6) is 2.41. The second-order valence-electron chi connectivity index (χ2n) is 4.40. The van der Waals surface area contributed by atoms with Gasteiger partial charge in [0.2, 0.25) is 0 Å². The lowest BCUT2D eigenvalue weighted by Crippen LogP contribution is -2.03. The molecule has 1 aromatic heterocycles. The number of hydrogen-bond donors (Lipinski definition) is 1. The largest absolute Gasteiger partial charge is 0.493 e. The Kier molecular flexibility index (Phi) is 5.24. The van der Waals surface area contributed by atoms with Gasteiger partial charge in [0.15, 0.2) is 11.5 Å². The van der Waals surface area contributed by atoms with E-state index in [1.807, 2.05) is 36.4 Å². The fourth-order valence-electron chi connectivity index (χ4n) is 1.82. The van der Waals surface area contributed by atoms with Crippen molar-refractivity contribution in [2.24, 2.45) is 0 Å². The number of aromatic nitrogens is 1. The molecule has 0 atom stereocenters. The highest BCUT2D eigenvalue weighted by Gasteiger charge is 2.05. The molecule has 106 valence electrons. The summed E-state index contributed by atoms with van der Waals surface area (Å²) in [6, 6.07) is 11.8. The minimum Gasteiger partial charge on any atom is -0.493 e. The van der Waals surface area contributed by atoms with Crippen molar-refractivity contribution < 1.29 is 9.47 Å². The maximum absolute atomic E-state index is 5.70. The van der Waals surface area contributed by atoms with Crippen LogP contribution in [0.5, 0.6) is 11.5 Å². The van der Waals surface area contributed by atoms with Gasteiger partial charge in [0.05, 0.1) is 13.7 Å². The first kappa shape index (κ1) is 14.2. The van der Waals surface area contributed by atoms with Crippen LogP contribution in [-0.4, -0.2) is 18.7 Å². The van der Waals surface area contributed by atoms with Gasteiger partial charge in [-0.3, -0.25) is 0 Å². The number of pyridine rings is 1. The number of nitrogens with zero attached hydrogens (tertiary/aromatic N) is 1. The molecule has 20 heavy (non-hydrogen) atoms. The van der Waals surface area contributed by atoms with E-state index in [-0.39, 0.29) is 0 Å². The molecule has 0 spiro atoms. The first-order valence-electron chi connectivity index (χ1n) is 6.78. The number of benzene rings is 1. The lowest BCUT2D eigenvalue weighted by molar-refractivity contribution is 0.294. The first-order valence-corrected chi connectivity index (χ1v) is 6.78. The van der Waals surface area contributed by atoms with E-state index in [9.17, 15) is 0 Å². The molecule has 0 bridgehead atoms. The third-order valence-corrected chi connectivity index (χ3v) is 2.83. The van der Waals surface area contributed by atoms with Crippen molar-refractivity contribution in [1.82, 2.24) is 4.98 Å². The number of hydrogen-bond acceptors (Lipinski definition) is 4. The predicted molar refractivity (Wildman–Crippen MR) is 80.3 cm³/mol. The molecule has 0 radical (unpaired) electrons. The molecule has 1 aromatic carbocycles. The Bertz CT molecular complexity index is 529. The van der Waals surface area contributed by atoms with Gasteiger partial charge in [-0.2, -0.15) is 0 Å². The van der Waals surface area contributed by atoms with Gasteiger partial charge in [0, 0.05) is 12.7 Å². The molecule has 4 heteroatoms. The lowest BCUT2D eigenvalue weighted by Gasteiger charge is -2.12. The minimum absolute atomic E-state index is 0.688. The van der Waals surface area contributed by atoms with E-state index in [1.165, 1.54) is 0 Å². The van der Waals surface area contributed by atoms with Gasteiger partial charge in [-0.05, 0) is 36.2 Å².